The van der Waals surface area contributed by atoms with E-state index in [2.05, 4.69) is 63.0 Å². The molecule has 0 aliphatic carbocycles. The van der Waals surface area contributed by atoms with Gasteiger partial charge in [0.05, 0.1) is 11.0 Å². The predicted molar refractivity (Wildman–Crippen MR) is 115 cm³/mol. The molecule has 0 aliphatic heterocycles. The molecule has 140 valence electrons. The lowest BCUT2D eigenvalue weighted by Gasteiger charge is -2.06. The summed E-state index contributed by atoms with van der Waals surface area (Å²) in [6, 6.07) is 18.2. The number of nitrogens with zero attached hydrogens (tertiary/aromatic N) is 1. The van der Waals surface area contributed by atoms with E-state index in [4.69, 9.17) is 4.98 Å². The van der Waals surface area contributed by atoms with Gasteiger partial charge in [0.1, 0.15) is 5.82 Å². The van der Waals surface area contributed by atoms with Gasteiger partial charge in [-0.15, -0.1) is 0 Å². The van der Waals surface area contributed by atoms with E-state index in [1.807, 2.05) is 24.3 Å². The number of hydrogen-bond donors (Lipinski definition) is 1. The van der Waals surface area contributed by atoms with E-state index in [0.717, 1.165) is 28.0 Å². The summed E-state index contributed by atoms with van der Waals surface area (Å²) in [5.41, 5.74) is 9.49. The highest BCUT2D eigenvalue weighted by Crippen LogP contribution is 2.27. The van der Waals surface area contributed by atoms with E-state index in [-0.39, 0.29) is 5.78 Å². The highest BCUT2D eigenvalue weighted by molar-refractivity contribution is 6.00. The molecule has 28 heavy (non-hydrogen) atoms. The van der Waals surface area contributed by atoms with Crippen LogP contribution in [0.25, 0.3) is 22.4 Å². The van der Waals surface area contributed by atoms with Crippen molar-refractivity contribution in [2.24, 2.45) is 0 Å². The zero-order valence-corrected chi connectivity index (χ0v) is 16.8. The second-order valence-corrected chi connectivity index (χ2v) is 7.60. The molecule has 3 heteroatoms. The number of rotatable bonds is 4. The highest BCUT2D eigenvalue weighted by Gasteiger charge is 2.13. The third-order valence-electron chi connectivity index (χ3n) is 5.46. The second-order valence-electron chi connectivity index (χ2n) is 7.60. The van der Waals surface area contributed by atoms with Crippen molar-refractivity contribution < 1.29 is 4.79 Å². The minimum Gasteiger partial charge on any atom is -0.338 e. The molecule has 3 aromatic carbocycles. The fourth-order valence-electron chi connectivity index (χ4n) is 3.69. The molecule has 1 heterocycles. The molecule has 0 amide bonds. The van der Waals surface area contributed by atoms with Crippen LogP contribution in [0.15, 0.2) is 54.6 Å². The Labute approximate surface area is 165 Å². The molecule has 0 fully saturated rings. The van der Waals surface area contributed by atoms with E-state index < -0.39 is 0 Å². The first-order valence-corrected chi connectivity index (χ1v) is 9.58. The minimum absolute atomic E-state index is 0.119. The van der Waals surface area contributed by atoms with Crippen molar-refractivity contribution in [3.63, 3.8) is 0 Å². The van der Waals surface area contributed by atoms with E-state index in [0.29, 0.717) is 12.0 Å². The maximum absolute atomic E-state index is 12.8. The number of Topliss-reactive ketones (excluding diaryl/α,β-unsaturated/α-hetero) is 1. The number of nitrogens with one attached hydrogen (secondary N) is 1. The zero-order valence-electron chi connectivity index (χ0n) is 16.8. The van der Waals surface area contributed by atoms with Crippen LogP contribution in [0.2, 0.25) is 0 Å². The quantitative estimate of drug-likeness (QED) is 0.457. The molecule has 0 spiro atoms. The van der Waals surface area contributed by atoms with Gasteiger partial charge in [-0.2, -0.15) is 0 Å². The van der Waals surface area contributed by atoms with E-state index >= 15 is 0 Å². The monoisotopic (exact) mass is 368 g/mol. The number of carbonyl (C=O) groups is 1. The van der Waals surface area contributed by atoms with Gasteiger partial charge >= 0.3 is 0 Å². The number of H-pyrrole nitrogens is 1. The first kappa shape index (κ1) is 18.2. The van der Waals surface area contributed by atoms with Crippen LogP contribution >= 0.6 is 0 Å². The number of aryl methyl sites for hydroxylation is 4. The molecule has 0 bridgehead atoms. The van der Waals surface area contributed by atoms with Crippen molar-refractivity contribution in [1.29, 1.82) is 0 Å². The zero-order chi connectivity index (χ0) is 19.8. The molecule has 4 rings (SSSR count). The van der Waals surface area contributed by atoms with Crippen LogP contribution in [-0.2, 0) is 6.42 Å². The molecule has 0 aliphatic rings. The fourth-order valence-corrected chi connectivity index (χ4v) is 3.69. The Hall–Kier alpha value is -3.20. The van der Waals surface area contributed by atoms with E-state index in [1.54, 1.807) is 0 Å². The average molecular weight is 368 g/mol. The number of ketones is 1. The van der Waals surface area contributed by atoms with Gasteiger partial charge in [-0.3, -0.25) is 4.79 Å². The lowest BCUT2D eigenvalue weighted by Crippen LogP contribution is -2.04. The first-order valence-electron chi connectivity index (χ1n) is 9.58. The fraction of sp³-hybridized carbons (Fsp3) is 0.200. The highest BCUT2D eigenvalue weighted by atomic mass is 16.1. The molecule has 0 saturated carbocycles. The molecule has 1 N–H and O–H groups in total. The summed E-state index contributed by atoms with van der Waals surface area (Å²) in [5, 5.41) is 0. The smallest absolute Gasteiger partial charge is 0.167 e. The Bertz CT molecular complexity index is 1180. The Morgan fingerprint density at radius 3 is 2.32 bits per heavy atom. The van der Waals surface area contributed by atoms with Crippen molar-refractivity contribution in [1.82, 2.24) is 9.97 Å². The van der Waals surface area contributed by atoms with Gasteiger partial charge < -0.3 is 4.98 Å². The minimum atomic E-state index is 0.119. The second kappa shape index (κ2) is 7.08. The standard InChI is InChI=1S/C25H24N2O/c1-15-8-9-19(12-18(15)4)13-23(28)20-10-11-21-22(14-20)27-25(26-21)24-16(2)6-5-7-17(24)3/h5-12,14H,13H2,1-4H3,(H,26,27). The van der Waals surface area contributed by atoms with Crippen molar-refractivity contribution in [2.45, 2.75) is 34.1 Å². The first-order chi connectivity index (χ1) is 13.4. The summed E-state index contributed by atoms with van der Waals surface area (Å²) in [6.45, 7) is 8.35. The van der Waals surface area contributed by atoms with E-state index in [9.17, 15) is 4.79 Å². The lowest BCUT2D eigenvalue weighted by molar-refractivity contribution is 0.0993. The van der Waals surface area contributed by atoms with Gasteiger partial charge in [0.15, 0.2) is 5.78 Å². The van der Waals surface area contributed by atoms with E-state index in [1.165, 1.54) is 22.3 Å². The summed E-state index contributed by atoms with van der Waals surface area (Å²) < 4.78 is 0. The summed E-state index contributed by atoms with van der Waals surface area (Å²) in [4.78, 5) is 21.0. The van der Waals surface area contributed by atoms with Gasteiger partial charge in [-0.1, -0.05) is 36.4 Å². The molecule has 4 aromatic rings. The van der Waals surface area contributed by atoms with Crippen LogP contribution in [0.3, 0.4) is 0 Å². The average Bonchev–Trinajstić information content (AvgIpc) is 3.07. The number of benzene rings is 3. The van der Waals surface area contributed by atoms with Crippen LogP contribution in [0.4, 0.5) is 0 Å². The van der Waals surface area contributed by atoms with Crippen molar-refractivity contribution in [2.75, 3.05) is 0 Å². The van der Waals surface area contributed by atoms with Crippen LogP contribution in [0.1, 0.15) is 38.2 Å². The largest absolute Gasteiger partial charge is 0.338 e. The third-order valence-corrected chi connectivity index (χ3v) is 5.46. The van der Waals surface area contributed by atoms with Crippen molar-refractivity contribution >= 4 is 16.8 Å². The molecular weight excluding hydrogens is 344 g/mol. The Balaban J connectivity index is 1.66. The topological polar surface area (TPSA) is 45.8 Å². The summed E-state index contributed by atoms with van der Waals surface area (Å²) in [7, 11) is 0. The number of carbonyl (C=O) groups excluding carboxylic acids is 1. The van der Waals surface area contributed by atoms with Crippen molar-refractivity contribution in [3.05, 3.63) is 88.0 Å². The number of aromatic amines is 1. The molecule has 0 saturated heterocycles. The summed E-state index contributed by atoms with van der Waals surface area (Å²) in [5.74, 6) is 0.970. The molecular formula is C25H24N2O. The number of aromatic nitrogens is 2. The Morgan fingerprint density at radius 2 is 1.61 bits per heavy atom. The van der Waals surface area contributed by atoms with Gasteiger partial charge in [-0.05, 0) is 73.7 Å². The number of hydrogen-bond acceptors (Lipinski definition) is 2. The van der Waals surface area contributed by atoms with Gasteiger partial charge in [0.25, 0.3) is 0 Å². The molecule has 1 aromatic heterocycles. The van der Waals surface area contributed by atoms with Crippen LogP contribution in [0, 0.1) is 27.7 Å². The van der Waals surface area contributed by atoms with Crippen LogP contribution < -0.4 is 0 Å². The summed E-state index contributed by atoms with van der Waals surface area (Å²) >= 11 is 0. The van der Waals surface area contributed by atoms with Gasteiger partial charge in [0, 0.05) is 17.5 Å². The van der Waals surface area contributed by atoms with Crippen molar-refractivity contribution in [3.8, 4) is 11.4 Å². The predicted octanol–water partition coefficient (Wildman–Crippen LogP) is 5.89. The molecule has 3 nitrogen and oxygen atoms in total. The SMILES string of the molecule is Cc1ccc(CC(=O)c2ccc3nc(-c4c(C)cccc4C)[nH]c3c2)cc1C. The molecule has 0 atom stereocenters. The maximum Gasteiger partial charge on any atom is 0.167 e. The Kier molecular flexibility index (Phi) is 4.60. The van der Waals surface area contributed by atoms with Crippen LogP contribution in [-0.4, -0.2) is 15.8 Å². The third kappa shape index (κ3) is 3.36. The van der Waals surface area contributed by atoms with Gasteiger partial charge in [0.2, 0.25) is 0 Å². The Morgan fingerprint density at radius 1 is 0.857 bits per heavy atom. The lowest BCUT2D eigenvalue weighted by atomic mass is 9.99. The van der Waals surface area contributed by atoms with Crippen LogP contribution in [0.5, 0.6) is 0 Å². The normalized spacial score (nSPS) is 11.1. The number of imidazole rings is 1. The molecule has 0 unspecified atom stereocenters. The maximum atomic E-state index is 12.8. The van der Waals surface area contributed by atoms with Gasteiger partial charge in [-0.25, -0.2) is 4.98 Å². The molecule has 0 radical (unpaired) electrons. The summed E-state index contributed by atoms with van der Waals surface area (Å²) in [6.07, 6.45) is 0.407. The number of fused-ring (bicyclic) bond motifs is 1.